The third-order valence-corrected chi connectivity index (χ3v) is 5.37. The monoisotopic (exact) mass is 289 g/mol. The van der Waals surface area contributed by atoms with Crippen LogP contribution >= 0.6 is 0 Å². The predicted molar refractivity (Wildman–Crippen MR) is 83.4 cm³/mol. The lowest BCUT2D eigenvalue weighted by Gasteiger charge is -2.45. The van der Waals surface area contributed by atoms with Crippen molar-refractivity contribution in [3.05, 3.63) is 18.0 Å². The molecule has 0 radical (unpaired) electrons. The minimum Gasteiger partial charge on any atom is -0.300 e. The predicted octanol–water partition coefficient (Wildman–Crippen LogP) is 3.01. The second kappa shape index (κ2) is 5.91. The quantitative estimate of drug-likeness (QED) is 0.855. The average Bonchev–Trinajstić information content (AvgIpc) is 2.87. The standard InChI is InChI=1S/C17H27N3O/c1-12(2)15-10-18-20(11-15)16-4-6-19(7-5-16)17-8-14(9-17)13(3)21/h10-12,14,16-17H,4-9H2,1-3H3. The minimum atomic E-state index is 0.340. The van der Waals surface area contributed by atoms with Crippen molar-refractivity contribution in [2.75, 3.05) is 13.1 Å². The summed E-state index contributed by atoms with van der Waals surface area (Å²) in [5, 5.41) is 4.55. The molecule has 0 unspecified atom stereocenters. The summed E-state index contributed by atoms with van der Waals surface area (Å²) in [6, 6.07) is 1.21. The van der Waals surface area contributed by atoms with Gasteiger partial charge in [0, 0.05) is 31.2 Å². The molecule has 1 aromatic heterocycles. The maximum Gasteiger partial charge on any atom is 0.133 e. The number of aromatic nitrogens is 2. The molecule has 0 aromatic carbocycles. The van der Waals surface area contributed by atoms with Crippen LogP contribution in [0, 0.1) is 5.92 Å². The molecule has 0 spiro atoms. The Morgan fingerprint density at radius 2 is 1.90 bits per heavy atom. The van der Waals surface area contributed by atoms with Gasteiger partial charge < -0.3 is 4.90 Å². The molecule has 2 aliphatic rings. The van der Waals surface area contributed by atoms with Crippen LogP contribution in [0.25, 0.3) is 0 Å². The average molecular weight is 289 g/mol. The van der Waals surface area contributed by atoms with Crippen LogP contribution < -0.4 is 0 Å². The van der Waals surface area contributed by atoms with E-state index >= 15 is 0 Å². The summed E-state index contributed by atoms with van der Waals surface area (Å²) >= 11 is 0. The number of likely N-dealkylation sites (tertiary alicyclic amines) is 1. The Morgan fingerprint density at radius 3 is 2.43 bits per heavy atom. The molecule has 2 heterocycles. The first kappa shape index (κ1) is 14.8. The fourth-order valence-electron chi connectivity index (χ4n) is 3.58. The zero-order valence-electron chi connectivity index (χ0n) is 13.5. The van der Waals surface area contributed by atoms with Crippen molar-refractivity contribution in [3.8, 4) is 0 Å². The van der Waals surface area contributed by atoms with Gasteiger partial charge in [0.25, 0.3) is 0 Å². The first-order chi connectivity index (χ1) is 10.0. The van der Waals surface area contributed by atoms with Gasteiger partial charge >= 0.3 is 0 Å². The van der Waals surface area contributed by atoms with E-state index in [2.05, 4.69) is 34.7 Å². The fraction of sp³-hybridized carbons (Fsp3) is 0.765. The molecular weight excluding hydrogens is 262 g/mol. The van der Waals surface area contributed by atoms with Crippen molar-refractivity contribution < 1.29 is 4.79 Å². The number of hydrogen-bond acceptors (Lipinski definition) is 3. The number of Topliss-reactive ketones (excluding diaryl/α,β-unsaturated/α-hetero) is 1. The highest BCUT2D eigenvalue weighted by Gasteiger charge is 2.37. The van der Waals surface area contributed by atoms with Crippen LogP contribution in [-0.2, 0) is 4.79 Å². The van der Waals surface area contributed by atoms with Crippen molar-refractivity contribution in [3.63, 3.8) is 0 Å². The van der Waals surface area contributed by atoms with E-state index in [-0.39, 0.29) is 0 Å². The zero-order chi connectivity index (χ0) is 15.0. The molecule has 1 aliphatic carbocycles. The number of nitrogens with zero attached hydrogens (tertiary/aromatic N) is 3. The van der Waals surface area contributed by atoms with E-state index in [0.29, 0.717) is 29.7 Å². The van der Waals surface area contributed by atoms with E-state index in [1.165, 1.54) is 18.4 Å². The highest BCUT2D eigenvalue weighted by atomic mass is 16.1. The molecule has 0 N–H and O–H groups in total. The highest BCUT2D eigenvalue weighted by Crippen LogP contribution is 2.35. The van der Waals surface area contributed by atoms with Crippen molar-refractivity contribution in [1.82, 2.24) is 14.7 Å². The van der Waals surface area contributed by atoms with Gasteiger partial charge in [0.1, 0.15) is 5.78 Å². The molecule has 2 fully saturated rings. The maximum atomic E-state index is 11.3. The SMILES string of the molecule is CC(=O)C1CC(N2CCC(n3cc(C(C)C)cn3)CC2)C1. The third kappa shape index (κ3) is 3.05. The number of hydrogen-bond donors (Lipinski definition) is 0. The molecule has 1 aromatic rings. The third-order valence-electron chi connectivity index (χ3n) is 5.37. The molecule has 4 nitrogen and oxygen atoms in total. The Morgan fingerprint density at radius 1 is 1.24 bits per heavy atom. The Balaban J connectivity index is 1.50. The Labute approximate surface area is 127 Å². The summed E-state index contributed by atoms with van der Waals surface area (Å²) in [6.45, 7) is 8.46. The molecule has 1 aliphatic heterocycles. The van der Waals surface area contributed by atoms with Crippen molar-refractivity contribution >= 4 is 5.78 Å². The number of ketones is 1. The van der Waals surface area contributed by atoms with Crippen molar-refractivity contribution in [1.29, 1.82) is 0 Å². The number of rotatable bonds is 4. The first-order valence-corrected chi connectivity index (χ1v) is 8.33. The molecule has 0 atom stereocenters. The van der Waals surface area contributed by atoms with Gasteiger partial charge in [-0.2, -0.15) is 5.10 Å². The molecule has 0 bridgehead atoms. The van der Waals surface area contributed by atoms with Gasteiger partial charge in [-0.1, -0.05) is 13.8 Å². The summed E-state index contributed by atoms with van der Waals surface area (Å²) in [5.74, 6) is 1.27. The summed E-state index contributed by atoms with van der Waals surface area (Å²) in [6.07, 6.45) is 8.76. The molecule has 1 saturated heterocycles. The lowest BCUT2D eigenvalue weighted by molar-refractivity contribution is -0.125. The Bertz CT molecular complexity index is 494. The van der Waals surface area contributed by atoms with Gasteiger partial charge in [0.2, 0.25) is 0 Å². The summed E-state index contributed by atoms with van der Waals surface area (Å²) < 4.78 is 2.17. The maximum absolute atomic E-state index is 11.3. The van der Waals surface area contributed by atoms with E-state index in [4.69, 9.17) is 0 Å². The van der Waals surface area contributed by atoms with E-state index in [1.807, 2.05) is 6.20 Å². The van der Waals surface area contributed by atoms with Crippen LogP contribution in [0.15, 0.2) is 12.4 Å². The topological polar surface area (TPSA) is 38.1 Å². The van der Waals surface area contributed by atoms with Gasteiger partial charge in [-0.15, -0.1) is 0 Å². The lowest BCUT2D eigenvalue weighted by Crippen LogP contribution is -2.49. The molecular formula is C17H27N3O. The zero-order valence-corrected chi connectivity index (χ0v) is 13.5. The van der Waals surface area contributed by atoms with Crippen molar-refractivity contribution in [2.45, 2.75) is 64.5 Å². The second-order valence-corrected chi connectivity index (χ2v) is 7.11. The van der Waals surface area contributed by atoms with Crippen LogP contribution in [0.2, 0.25) is 0 Å². The van der Waals surface area contributed by atoms with E-state index in [1.54, 1.807) is 6.92 Å². The molecule has 4 heteroatoms. The van der Waals surface area contributed by atoms with Gasteiger partial charge in [0.05, 0.1) is 12.2 Å². The highest BCUT2D eigenvalue weighted by molar-refractivity contribution is 5.79. The van der Waals surface area contributed by atoms with E-state index in [0.717, 1.165) is 25.9 Å². The van der Waals surface area contributed by atoms with Gasteiger partial charge in [-0.25, -0.2) is 0 Å². The molecule has 21 heavy (non-hydrogen) atoms. The van der Waals surface area contributed by atoms with Crippen LogP contribution in [0.3, 0.4) is 0 Å². The minimum absolute atomic E-state index is 0.340. The van der Waals surface area contributed by atoms with Gasteiger partial charge in [0.15, 0.2) is 0 Å². The van der Waals surface area contributed by atoms with Crippen LogP contribution in [0.4, 0.5) is 0 Å². The Hall–Kier alpha value is -1.16. The van der Waals surface area contributed by atoms with E-state index < -0.39 is 0 Å². The van der Waals surface area contributed by atoms with Crippen LogP contribution in [0.1, 0.15) is 64.0 Å². The van der Waals surface area contributed by atoms with Crippen LogP contribution in [-0.4, -0.2) is 39.6 Å². The van der Waals surface area contributed by atoms with E-state index in [9.17, 15) is 4.79 Å². The number of carbonyl (C=O) groups excluding carboxylic acids is 1. The normalized spacial score (nSPS) is 27.8. The smallest absolute Gasteiger partial charge is 0.133 e. The molecule has 116 valence electrons. The first-order valence-electron chi connectivity index (χ1n) is 8.33. The summed E-state index contributed by atoms with van der Waals surface area (Å²) in [4.78, 5) is 13.9. The lowest BCUT2D eigenvalue weighted by atomic mass is 9.76. The largest absolute Gasteiger partial charge is 0.300 e. The second-order valence-electron chi connectivity index (χ2n) is 7.11. The van der Waals surface area contributed by atoms with Crippen molar-refractivity contribution in [2.24, 2.45) is 5.92 Å². The fourth-order valence-corrected chi connectivity index (χ4v) is 3.58. The van der Waals surface area contributed by atoms with Gasteiger partial charge in [-0.3, -0.25) is 9.48 Å². The molecule has 3 rings (SSSR count). The molecule has 0 amide bonds. The number of piperidine rings is 1. The molecule has 1 saturated carbocycles. The summed E-state index contributed by atoms with van der Waals surface area (Å²) in [5.41, 5.74) is 1.33. The number of carbonyl (C=O) groups is 1. The van der Waals surface area contributed by atoms with Gasteiger partial charge in [-0.05, 0) is 44.1 Å². The van der Waals surface area contributed by atoms with Crippen LogP contribution in [0.5, 0.6) is 0 Å². The Kier molecular flexibility index (Phi) is 4.16. The summed E-state index contributed by atoms with van der Waals surface area (Å²) in [7, 11) is 0.